The highest BCUT2D eigenvalue weighted by Gasteiger charge is 2.30. The maximum Gasteiger partial charge on any atom is 0.338 e. The van der Waals surface area contributed by atoms with E-state index in [2.05, 4.69) is 14.5 Å². The molecule has 1 fully saturated rings. The van der Waals surface area contributed by atoms with Gasteiger partial charge in [0.2, 0.25) is 0 Å². The highest BCUT2D eigenvalue weighted by Crippen LogP contribution is 2.40. The van der Waals surface area contributed by atoms with Crippen LogP contribution in [0.5, 0.6) is 0 Å². The van der Waals surface area contributed by atoms with Crippen LogP contribution in [0, 0.1) is 12.7 Å². The van der Waals surface area contributed by atoms with Gasteiger partial charge in [0.05, 0.1) is 11.1 Å². The molecule has 0 spiro atoms. The summed E-state index contributed by atoms with van der Waals surface area (Å²) in [4.78, 5) is 21.1. The standard InChI is InChI=1S/C22H24FN3O2/c1-3-14-9-18-16(10-17(14)23)19(22(27)28)20(21-24-11-13(2)12-25-21)26(18)15-7-5-4-6-8-15/h9-12,15H,3-8H2,1-2H3,(H,27,28). The molecule has 5 nitrogen and oxygen atoms in total. The Balaban J connectivity index is 2.09. The van der Waals surface area contributed by atoms with Crippen molar-refractivity contribution in [2.24, 2.45) is 0 Å². The Hall–Kier alpha value is -2.76. The number of nitrogens with zero attached hydrogens (tertiary/aromatic N) is 3. The number of benzene rings is 1. The molecule has 1 aromatic carbocycles. The zero-order valence-electron chi connectivity index (χ0n) is 16.2. The Bertz CT molecular complexity index is 1030. The second-order valence-corrected chi connectivity index (χ2v) is 7.59. The molecular formula is C22H24FN3O2. The average Bonchev–Trinajstić information content (AvgIpc) is 3.02. The van der Waals surface area contributed by atoms with Crippen LogP contribution >= 0.6 is 0 Å². The van der Waals surface area contributed by atoms with Crippen LogP contribution in [0.25, 0.3) is 22.4 Å². The van der Waals surface area contributed by atoms with Gasteiger partial charge in [-0.15, -0.1) is 0 Å². The molecule has 0 saturated heterocycles. The van der Waals surface area contributed by atoms with Gasteiger partial charge in [-0.3, -0.25) is 0 Å². The van der Waals surface area contributed by atoms with Crippen LogP contribution in [0.3, 0.4) is 0 Å². The quantitative estimate of drug-likeness (QED) is 0.665. The molecule has 3 aromatic rings. The first-order chi connectivity index (χ1) is 13.5. The van der Waals surface area contributed by atoms with Gasteiger partial charge in [-0.2, -0.15) is 0 Å². The van der Waals surface area contributed by atoms with Crippen molar-refractivity contribution in [3.8, 4) is 11.5 Å². The lowest BCUT2D eigenvalue weighted by Crippen LogP contribution is -2.15. The van der Waals surface area contributed by atoms with E-state index >= 15 is 0 Å². The molecule has 146 valence electrons. The fourth-order valence-electron chi connectivity index (χ4n) is 4.31. The minimum Gasteiger partial charge on any atom is -0.478 e. The summed E-state index contributed by atoms with van der Waals surface area (Å²) in [6.45, 7) is 3.79. The number of carboxylic acid groups (broad SMARTS) is 1. The van der Waals surface area contributed by atoms with E-state index in [4.69, 9.17) is 0 Å². The largest absolute Gasteiger partial charge is 0.478 e. The second kappa shape index (κ2) is 7.34. The number of carboxylic acids is 1. The van der Waals surface area contributed by atoms with Gasteiger partial charge in [0, 0.05) is 23.8 Å². The molecule has 0 radical (unpaired) electrons. The summed E-state index contributed by atoms with van der Waals surface area (Å²) in [7, 11) is 0. The van der Waals surface area contributed by atoms with E-state index in [1.54, 1.807) is 12.4 Å². The van der Waals surface area contributed by atoms with Crippen molar-refractivity contribution < 1.29 is 14.3 Å². The van der Waals surface area contributed by atoms with E-state index in [-0.39, 0.29) is 17.4 Å². The van der Waals surface area contributed by atoms with E-state index in [1.165, 1.54) is 12.5 Å². The molecule has 0 bridgehead atoms. The van der Waals surface area contributed by atoms with E-state index in [9.17, 15) is 14.3 Å². The normalized spacial score (nSPS) is 15.2. The summed E-state index contributed by atoms with van der Waals surface area (Å²) in [5.74, 6) is -1.07. The Morgan fingerprint density at radius 2 is 1.89 bits per heavy atom. The molecule has 0 amide bonds. The summed E-state index contributed by atoms with van der Waals surface area (Å²) in [6.07, 6.45) is 9.26. The predicted molar refractivity (Wildman–Crippen MR) is 106 cm³/mol. The number of halogens is 1. The Morgan fingerprint density at radius 3 is 2.50 bits per heavy atom. The molecule has 0 unspecified atom stereocenters. The third kappa shape index (κ3) is 3.07. The summed E-state index contributed by atoms with van der Waals surface area (Å²) in [5.41, 5.74) is 2.84. The first-order valence-electron chi connectivity index (χ1n) is 9.89. The predicted octanol–water partition coefficient (Wildman–Crippen LogP) is 5.31. The molecule has 28 heavy (non-hydrogen) atoms. The Morgan fingerprint density at radius 1 is 1.21 bits per heavy atom. The minimum absolute atomic E-state index is 0.0889. The van der Waals surface area contributed by atoms with Crippen molar-refractivity contribution in [1.82, 2.24) is 14.5 Å². The van der Waals surface area contributed by atoms with E-state index in [0.717, 1.165) is 36.8 Å². The van der Waals surface area contributed by atoms with E-state index in [1.807, 2.05) is 19.9 Å². The fourth-order valence-corrected chi connectivity index (χ4v) is 4.31. The molecule has 2 heterocycles. The zero-order chi connectivity index (χ0) is 19.8. The lowest BCUT2D eigenvalue weighted by atomic mass is 9.95. The zero-order valence-corrected chi connectivity index (χ0v) is 16.2. The monoisotopic (exact) mass is 381 g/mol. The molecule has 0 aliphatic heterocycles. The number of hydrogen-bond acceptors (Lipinski definition) is 3. The molecule has 1 saturated carbocycles. The van der Waals surface area contributed by atoms with Gasteiger partial charge in [0.1, 0.15) is 11.5 Å². The van der Waals surface area contributed by atoms with Crippen LogP contribution in [0.4, 0.5) is 4.39 Å². The molecule has 4 rings (SSSR count). The summed E-state index contributed by atoms with van der Waals surface area (Å²) in [5, 5.41) is 10.4. The third-order valence-electron chi connectivity index (χ3n) is 5.70. The lowest BCUT2D eigenvalue weighted by Gasteiger charge is -2.26. The number of aromatic carboxylic acids is 1. The van der Waals surface area contributed by atoms with Gasteiger partial charge in [-0.1, -0.05) is 26.2 Å². The summed E-state index contributed by atoms with van der Waals surface area (Å²) >= 11 is 0. The molecule has 2 aromatic heterocycles. The highest BCUT2D eigenvalue weighted by atomic mass is 19.1. The molecule has 1 N–H and O–H groups in total. The molecule has 0 atom stereocenters. The van der Waals surface area contributed by atoms with Crippen molar-refractivity contribution in [3.63, 3.8) is 0 Å². The maximum atomic E-state index is 14.6. The van der Waals surface area contributed by atoms with Gasteiger partial charge in [-0.25, -0.2) is 19.2 Å². The number of fused-ring (bicyclic) bond motifs is 1. The SMILES string of the molecule is CCc1cc2c(cc1F)c(C(=O)O)c(-c1ncc(C)cn1)n2C1CCCCC1. The van der Waals surface area contributed by atoms with Crippen molar-refractivity contribution in [1.29, 1.82) is 0 Å². The Labute approximate surface area is 163 Å². The van der Waals surface area contributed by atoms with Crippen LogP contribution in [0.2, 0.25) is 0 Å². The van der Waals surface area contributed by atoms with Gasteiger partial charge in [0.25, 0.3) is 0 Å². The second-order valence-electron chi connectivity index (χ2n) is 7.59. The van der Waals surface area contributed by atoms with Crippen LogP contribution in [-0.2, 0) is 6.42 Å². The van der Waals surface area contributed by atoms with E-state index in [0.29, 0.717) is 28.9 Å². The number of carbonyl (C=O) groups is 1. The van der Waals surface area contributed by atoms with Crippen molar-refractivity contribution in [3.05, 3.63) is 47.0 Å². The van der Waals surface area contributed by atoms with E-state index < -0.39 is 5.97 Å². The van der Waals surface area contributed by atoms with Gasteiger partial charge in [0.15, 0.2) is 5.82 Å². The lowest BCUT2D eigenvalue weighted by molar-refractivity contribution is 0.0699. The van der Waals surface area contributed by atoms with Crippen molar-refractivity contribution >= 4 is 16.9 Å². The van der Waals surface area contributed by atoms with Crippen molar-refractivity contribution in [2.75, 3.05) is 0 Å². The third-order valence-corrected chi connectivity index (χ3v) is 5.70. The number of aromatic nitrogens is 3. The van der Waals surface area contributed by atoms with Gasteiger partial charge in [-0.05, 0) is 49.4 Å². The van der Waals surface area contributed by atoms with Crippen LogP contribution in [0.1, 0.15) is 66.6 Å². The van der Waals surface area contributed by atoms with Crippen LogP contribution < -0.4 is 0 Å². The average molecular weight is 381 g/mol. The number of rotatable bonds is 4. The summed E-state index contributed by atoms with van der Waals surface area (Å²) in [6, 6.07) is 3.34. The van der Waals surface area contributed by atoms with Crippen molar-refractivity contribution in [2.45, 2.75) is 58.4 Å². The Kier molecular flexibility index (Phi) is 4.87. The smallest absolute Gasteiger partial charge is 0.338 e. The maximum absolute atomic E-state index is 14.6. The topological polar surface area (TPSA) is 68.0 Å². The van der Waals surface area contributed by atoms with Crippen LogP contribution in [-0.4, -0.2) is 25.6 Å². The van der Waals surface area contributed by atoms with Crippen LogP contribution in [0.15, 0.2) is 24.5 Å². The molecule has 6 heteroatoms. The molecule has 1 aliphatic rings. The number of aryl methyl sites for hydroxylation is 2. The minimum atomic E-state index is -1.08. The first kappa shape index (κ1) is 18.6. The first-order valence-corrected chi connectivity index (χ1v) is 9.89. The van der Waals surface area contributed by atoms with Gasteiger partial charge < -0.3 is 9.67 Å². The fraction of sp³-hybridized carbons (Fsp3) is 0.409. The molecule has 1 aliphatic carbocycles. The number of hydrogen-bond donors (Lipinski definition) is 1. The molecular weight excluding hydrogens is 357 g/mol. The highest BCUT2D eigenvalue weighted by molar-refractivity contribution is 6.09. The summed E-state index contributed by atoms with van der Waals surface area (Å²) < 4.78 is 16.6. The van der Waals surface area contributed by atoms with Gasteiger partial charge >= 0.3 is 5.97 Å².